The van der Waals surface area contributed by atoms with Crippen LogP contribution in [0.3, 0.4) is 0 Å². The highest BCUT2D eigenvalue weighted by molar-refractivity contribution is 7.92. The third-order valence-corrected chi connectivity index (χ3v) is 8.32. The van der Waals surface area contributed by atoms with Gasteiger partial charge < -0.3 is 10.2 Å². The van der Waals surface area contributed by atoms with Crippen LogP contribution in [0.2, 0.25) is 5.02 Å². The van der Waals surface area contributed by atoms with Gasteiger partial charge in [0.1, 0.15) is 12.6 Å². The second-order valence-corrected chi connectivity index (χ2v) is 11.6. The maximum absolute atomic E-state index is 13.9. The van der Waals surface area contributed by atoms with Crippen molar-refractivity contribution in [2.45, 2.75) is 52.1 Å². The number of amides is 2. The molecule has 0 spiro atoms. The fourth-order valence-corrected chi connectivity index (χ4v) is 5.75. The van der Waals surface area contributed by atoms with Crippen LogP contribution in [0, 0.1) is 20.8 Å². The molecule has 0 heterocycles. The molecule has 0 saturated heterocycles. The van der Waals surface area contributed by atoms with Gasteiger partial charge >= 0.3 is 0 Å². The maximum Gasteiger partial charge on any atom is 0.264 e. The number of rotatable bonds is 10. The lowest BCUT2D eigenvalue weighted by molar-refractivity contribution is -0.139. The van der Waals surface area contributed by atoms with Crippen LogP contribution in [0.25, 0.3) is 0 Å². The van der Waals surface area contributed by atoms with Crippen LogP contribution in [0.5, 0.6) is 0 Å². The molecule has 3 rings (SSSR count). The predicted octanol–water partition coefficient (Wildman–Crippen LogP) is 5.01. The minimum atomic E-state index is -4.13. The molecule has 3 aromatic rings. The van der Waals surface area contributed by atoms with E-state index in [1.54, 1.807) is 51.1 Å². The van der Waals surface area contributed by atoms with Gasteiger partial charge in [0.25, 0.3) is 10.0 Å². The fraction of sp³-hybridized carbons (Fsp3) is 0.310. The predicted molar refractivity (Wildman–Crippen MR) is 152 cm³/mol. The first-order valence-corrected chi connectivity index (χ1v) is 14.2. The number of carbonyl (C=O) groups excluding carboxylic acids is 2. The van der Waals surface area contributed by atoms with Crippen LogP contribution in [-0.2, 0) is 26.2 Å². The second kappa shape index (κ2) is 12.5. The number of benzene rings is 3. The molecule has 0 radical (unpaired) electrons. The number of anilines is 1. The molecular formula is C29H34ClN3O4S. The topological polar surface area (TPSA) is 86.8 Å². The molecule has 0 bridgehead atoms. The number of carbonyl (C=O) groups is 2. The zero-order valence-corrected chi connectivity index (χ0v) is 23.9. The highest BCUT2D eigenvalue weighted by Gasteiger charge is 2.33. The summed E-state index contributed by atoms with van der Waals surface area (Å²) >= 11 is 6.15. The molecular weight excluding hydrogens is 522 g/mol. The summed E-state index contributed by atoms with van der Waals surface area (Å²) in [6.45, 7) is 9.08. The zero-order valence-electron chi connectivity index (χ0n) is 22.4. The molecule has 0 aliphatic heterocycles. The molecule has 0 aliphatic rings. The van der Waals surface area contributed by atoms with Crippen molar-refractivity contribution in [1.29, 1.82) is 0 Å². The highest BCUT2D eigenvalue weighted by atomic mass is 35.5. The average molecular weight is 556 g/mol. The molecule has 1 N–H and O–H groups in total. The van der Waals surface area contributed by atoms with Crippen molar-refractivity contribution >= 4 is 39.1 Å². The maximum atomic E-state index is 13.9. The van der Waals surface area contributed by atoms with Crippen LogP contribution in [0.1, 0.15) is 36.1 Å². The van der Waals surface area contributed by atoms with E-state index in [0.717, 1.165) is 21.0 Å². The molecule has 38 heavy (non-hydrogen) atoms. The van der Waals surface area contributed by atoms with Crippen molar-refractivity contribution in [3.8, 4) is 0 Å². The first-order chi connectivity index (χ1) is 17.9. The van der Waals surface area contributed by atoms with Gasteiger partial charge in [-0.1, -0.05) is 59.1 Å². The Balaban J connectivity index is 2.06. The van der Waals surface area contributed by atoms with Crippen molar-refractivity contribution in [3.63, 3.8) is 0 Å². The third-order valence-electron chi connectivity index (χ3n) is 6.31. The molecule has 2 amide bonds. The minimum Gasteiger partial charge on any atom is -0.355 e. The first-order valence-electron chi connectivity index (χ1n) is 12.4. The van der Waals surface area contributed by atoms with E-state index in [9.17, 15) is 18.0 Å². The Bertz CT molecular complexity index is 1390. The molecule has 9 heteroatoms. The summed E-state index contributed by atoms with van der Waals surface area (Å²) in [6.07, 6.45) is 0. The van der Waals surface area contributed by atoms with E-state index in [1.165, 1.54) is 17.0 Å². The standard InChI is InChI=1S/C29H34ClN3O4S/c1-6-31-29(35)23(5)32(18-24-11-7-20(2)8-12-24)28(34)19-33(27-16-13-25(30)17-22(27)4)38(36,37)26-14-9-21(3)10-15-26/h7-17,23H,6,18-19H2,1-5H3,(H,31,35)/t23-/m1/s1. The summed E-state index contributed by atoms with van der Waals surface area (Å²) in [4.78, 5) is 28.1. The number of nitrogens with one attached hydrogen (secondary N) is 1. The van der Waals surface area contributed by atoms with Crippen LogP contribution in [-0.4, -0.2) is 44.3 Å². The molecule has 7 nitrogen and oxygen atoms in total. The SMILES string of the molecule is CCNC(=O)[C@@H](C)N(Cc1ccc(C)cc1)C(=O)CN(c1ccc(Cl)cc1C)S(=O)(=O)c1ccc(C)cc1. The highest BCUT2D eigenvalue weighted by Crippen LogP contribution is 2.29. The Labute approximate surface area is 230 Å². The molecule has 202 valence electrons. The lowest BCUT2D eigenvalue weighted by atomic mass is 10.1. The van der Waals surface area contributed by atoms with Gasteiger partial charge in [0.05, 0.1) is 10.6 Å². The monoisotopic (exact) mass is 555 g/mol. The third kappa shape index (κ3) is 6.94. The average Bonchev–Trinajstić information content (AvgIpc) is 2.87. The van der Waals surface area contributed by atoms with Crippen molar-refractivity contribution in [2.75, 3.05) is 17.4 Å². The van der Waals surface area contributed by atoms with Crippen molar-refractivity contribution in [2.24, 2.45) is 0 Å². The molecule has 0 fully saturated rings. The fourth-order valence-electron chi connectivity index (χ4n) is 4.04. The van der Waals surface area contributed by atoms with Gasteiger partial charge in [0.15, 0.2) is 0 Å². The van der Waals surface area contributed by atoms with Crippen molar-refractivity contribution in [1.82, 2.24) is 10.2 Å². The van der Waals surface area contributed by atoms with E-state index in [-0.39, 0.29) is 17.3 Å². The van der Waals surface area contributed by atoms with E-state index >= 15 is 0 Å². The first kappa shape index (κ1) is 29.2. The minimum absolute atomic E-state index is 0.0621. The van der Waals surface area contributed by atoms with Crippen LogP contribution in [0.4, 0.5) is 5.69 Å². The number of likely N-dealkylation sites (N-methyl/N-ethyl adjacent to an activating group) is 1. The van der Waals surface area contributed by atoms with E-state index < -0.39 is 28.5 Å². The van der Waals surface area contributed by atoms with Crippen molar-refractivity contribution in [3.05, 3.63) is 94.0 Å². The Morgan fingerprint density at radius 2 is 1.50 bits per heavy atom. The summed E-state index contributed by atoms with van der Waals surface area (Å²) in [6, 6.07) is 18.1. The molecule has 1 atom stereocenters. The summed E-state index contributed by atoms with van der Waals surface area (Å²) in [7, 11) is -4.13. The summed E-state index contributed by atoms with van der Waals surface area (Å²) in [5.41, 5.74) is 3.74. The van der Waals surface area contributed by atoms with Gasteiger partial charge in [-0.05, 0) is 76.1 Å². The van der Waals surface area contributed by atoms with E-state index in [4.69, 9.17) is 11.6 Å². The molecule has 0 aliphatic carbocycles. The quantitative estimate of drug-likeness (QED) is 0.381. The number of hydrogen-bond donors (Lipinski definition) is 1. The number of hydrogen-bond acceptors (Lipinski definition) is 4. The van der Waals surface area contributed by atoms with Gasteiger partial charge in [-0.25, -0.2) is 8.42 Å². The summed E-state index contributed by atoms with van der Waals surface area (Å²) < 4.78 is 28.9. The molecule has 0 saturated carbocycles. The van der Waals surface area contributed by atoms with E-state index in [1.807, 2.05) is 38.1 Å². The van der Waals surface area contributed by atoms with Gasteiger partial charge in [0, 0.05) is 18.1 Å². The lowest BCUT2D eigenvalue weighted by Gasteiger charge is -2.32. The number of aryl methyl sites for hydroxylation is 3. The smallest absolute Gasteiger partial charge is 0.264 e. The van der Waals surface area contributed by atoms with E-state index in [0.29, 0.717) is 22.8 Å². The zero-order chi connectivity index (χ0) is 28.0. The van der Waals surface area contributed by atoms with Crippen LogP contribution in [0.15, 0.2) is 71.6 Å². The second-order valence-electron chi connectivity index (χ2n) is 9.33. The van der Waals surface area contributed by atoms with Gasteiger partial charge in [0.2, 0.25) is 11.8 Å². The van der Waals surface area contributed by atoms with Gasteiger partial charge in [-0.15, -0.1) is 0 Å². The molecule has 0 unspecified atom stereocenters. The molecule has 3 aromatic carbocycles. The Morgan fingerprint density at radius 3 is 2.05 bits per heavy atom. The summed E-state index contributed by atoms with van der Waals surface area (Å²) in [5, 5.41) is 3.21. The largest absolute Gasteiger partial charge is 0.355 e. The Kier molecular flexibility index (Phi) is 9.57. The summed E-state index contributed by atoms with van der Waals surface area (Å²) in [5.74, 6) is -0.821. The van der Waals surface area contributed by atoms with Crippen LogP contribution < -0.4 is 9.62 Å². The van der Waals surface area contributed by atoms with Crippen molar-refractivity contribution < 1.29 is 18.0 Å². The van der Waals surface area contributed by atoms with Gasteiger partial charge in [-0.2, -0.15) is 0 Å². The van der Waals surface area contributed by atoms with Gasteiger partial charge in [-0.3, -0.25) is 13.9 Å². The molecule has 0 aromatic heterocycles. The number of nitrogens with zero attached hydrogens (tertiary/aromatic N) is 2. The van der Waals surface area contributed by atoms with Crippen LogP contribution >= 0.6 is 11.6 Å². The number of halogens is 1. The van der Waals surface area contributed by atoms with E-state index in [2.05, 4.69) is 5.32 Å². The Hall–Kier alpha value is -3.36. The lowest BCUT2D eigenvalue weighted by Crippen LogP contribution is -2.51. The normalized spacial score (nSPS) is 12.1. The number of sulfonamides is 1. The Morgan fingerprint density at radius 1 is 0.921 bits per heavy atom.